The first-order valence-electron chi connectivity index (χ1n) is 14.5. The fraction of sp³-hybridized carbons (Fsp3) is 0.484. The Labute approximate surface area is 253 Å². The summed E-state index contributed by atoms with van der Waals surface area (Å²) in [6, 6.07) is 7.58. The van der Waals surface area contributed by atoms with E-state index in [0.717, 1.165) is 18.4 Å². The van der Waals surface area contributed by atoms with Crippen LogP contribution in [0, 0.1) is 18.3 Å². The monoisotopic (exact) mass is 609 g/mol. The van der Waals surface area contributed by atoms with Crippen molar-refractivity contribution in [3.63, 3.8) is 0 Å². The first-order valence-corrected chi connectivity index (χ1v) is 15.3. The topological polar surface area (TPSA) is 140 Å². The number of Topliss-reactive ketones (excluding diaryl/α,β-unsaturated/α-hetero) is 1. The second-order valence-corrected chi connectivity index (χ2v) is 12.2. The zero-order chi connectivity index (χ0) is 30.1. The number of hydrogen-bond donors (Lipinski definition) is 2. The van der Waals surface area contributed by atoms with Gasteiger partial charge >= 0.3 is 0 Å². The number of amides is 2. The van der Waals surface area contributed by atoms with Gasteiger partial charge in [-0.05, 0) is 44.2 Å². The van der Waals surface area contributed by atoms with E-state index in [-0.39, 0.29) is 56.2 Å². The number of nitrogens with zero attached hydrogens (tertiary/aromatic N) is 2. The average molecular weight is 610 g/mol. The van der Waals surface area contributed by atoms with E-state index in [1.165, 1.54) is 17.6 Å². The Morgan fingerprint density at radius 2 is 2.02 bits per heavy atom. The molecule has 4 heterocycles. The molecule has 3 aromatic rings. The van der Waals surface area contributed by atoms with Crippen LogP contribution in [-0.4, -0.2) is 73.8 Å². The van der Waals surface area contributed by atoms with Gasteiger partial charge in [0.25, 0.3) is 0 Å². The van der Waals surface area contributed by atoms with Gasteiger partial charge in [-0.15, -0.1) is 11.3 Å². The molecule has 0 radical (unpaired) electrons. The number of aliphatic hydroxyl groups is 1. The van der Waals surface area contributed by atoms with Gasteiger partial charge in [-0.1, -0.05) is 18.2 Å². The van der Waals surface area contributed by atoms with Gasteiger partial charge < -0.3 is 29.1 Å². The molecule has 2 N–H and O–H groups in total. The molecule has 2 aliphatic heterocycles. The van der Waals surface area contributed by atoms with Crippen LogP contribution in [0.3, 0.4) is 0 Å². The summed E-state index contributed by atoms with van der Waals surface area (Å²) in [6.45, 7) is 3.11. The highest BCUT2D eigenvalue weighted by Gasteiger charge is 2.62. The van der Waals surface area contributed by atoms with Gasteiger partial charge in [0.2, 0.25) is 17.7 Å². The predicted molar refractivity (Wildman–Crippen MR) is 157 cm³/mol. The summed E-state index contributed by atoms with van der Waals surface area (Å²) in [5, 5.41) is 12.3. The van der Waals surface area contributed by atoms with Crippen molar-refractivity contribution in [3.05, 3.63) is 53.4 Å². The molecule has 2 fully saturated rings. The molecule has 1 spiro atoms. The molecule has 11 nitrogen and oxygen atoms in total. The summed E-state index contributed by atoms with van der Waals surface area (Å²) in [5.41, 5.74) is 0.583. The van der Waals surface area contributed by atoms with Crippen molar-refractivity contribution in [1.82, 2.24) is 10.3 Å². The third-order valence-electron chi connectivity index (χ3n) is 8.65. The molecule has 1 aliphatic carbocycles. The Hall–Kier alpha value is -3.58. The summed E-state index contributed by atoms with van der Waals surface area (Å²) in [6.07, 6.45) is 4.03. The molecule has 6 rings (SSSR count). The van der Waals surface area contributed by atoms with Gasteiger partial charge in [-0.3, -0.25) is 19.3 Å². The van der Waals surface area contributed by atoms with E-state index in [1.54, 1.807) is 18.2 Å². The molecule has 3 aliphatic rings. The van der Waals surface area contributed by atoms with E-state index in [4.69, 9.17) is 23.7 Å². The van der Waals surface area contributed by atoms with Crippen molar-refractivity contribution >= 4 is 33.9 Å². The van der Waals surface area contributed by atoms with Crippen molar-refractivity contribution in [3.8, 4) is 16.5 Å². The Balaban J connectivity index is 1.41. The molecule has 0 bridgehead atoms. The number of anilines is 1. The first-order chi connectivity index (χ1) is 20.9. The van der Waals surface area contributed by atoms with Gasteiger partial charge in [-0.25, -0.2) is 4.98 Å². The lowest BCUT2D eigenvalue weighted by Crippen LogP contribution is -2.61. The van der Waals surface area contributed by atoms with Crippen LogP contribution in [0.15, 0.2) is 41.1 Å². The number of para-hydroxylation sites is 1. The first kappa shape index (κ1) is 29.5. The molecule has 2 amide bonds. The molecule has 12 heteroatoms. The molecule has 0 unspecified atom stereocenters. The maximum atomic E-state index is 14.5. The van der Waals surface area contributed by atoms with E-state index < -0.39 is 17.4 Å². The van der Waals surface area contributed by atoms with Crippen molar-refractivity contribution in [2.24, 2.45) is 11.3 Å². The van der Waals surface area contributed by atoms with Crippen molar-refractivity contribution in [1.29, 1.82) is 0 Å². The van der Waals surface area contributed by atoms with Crippen molar-refractivity contribution in [2.75, 3.05) is 44.9 Å². The number of aromatic nitrogens is 1. The minimum absolute atomic E-state index is 0.0742. The summed E-state index contributed by atoms with van der Waals surface area (Å²) < 4.78 is 23.5. The number of fused-ring (bicyclic) bond motifs is 1. The number of nitrogens with one attached hydrogen (secondary N) is 1. The standard InChI is InChI=1S/C31H35N3O8S/c1-18-24-26(36)31(15-19(16-31)27(37)32-9-11-35)30(38)34(29(24)43-25(18)28-33-10-14-41-28)17-23(42-20-7-12-40-13-8-20)21-5-3-4-6-22(21)39-2/h3-6,10,14,19-20,23,35H,7-9,11-13,15-17H2,1-2H3,(H,32,37)/t19?,23-,31?/m0/s1. The Morgan fingerprint density at radius 3 is 2.72 bits per heavy atom. The van der Waals surface area contributed by atoms with Crippen LogP contribution in [-0.2, 0) is 19.1 Å². The van der Waals surface area contributed by atoms with Crippen molar-refractivity contribution in [2.45, 2.75) is 44.8 Å². The van der Waals surface area contributed by atoms with Gasteiger partial charge in [0, 0.05) is 31.2 Å². The number of thiophene rings is 1. The fourth-order valence-corrected chi connectivity index (χ4v) is 7.61. The second-order valence-electron chi connectivity index (χ2n) is 11.2. The largest absolute Gasteiger partial charge is 0.496 e. The van der Waals surface area contributed by atoms with Gasteiger partial charge in [0.1, 0.15) is 28.5 Å². The highest BCUT2D eigenvalue weighted by molar-refractivity contribution is 7.20. The van der Waals surface area contributed by atoms with E-state index in [1.807, 2.05) is 31.2 Å². The number of hydrogen-bond acceptors (Lipinski definition) is 10. The summed E-state index contributed by atoms with van der Waals surface area (Å²) in [5.74, 6) is -0.373. The van der Waals surface area contributed by atoms with Crippen LogP contribution in [0.4, 0.5) is 5.00 Å². The number of benzene rings is 1. The number of ether oxygens (including phenoxy) is 3. The third-order valence-corrected chi connectivity index (χ3v) is 9.95. The number of carbonyl (C=O) groups is 3. The number of methoxy groups -OCH3 is 1. The lowest BCUT2D eigenvalue weighted by atomic mass is 9.56. The third kappa shape index (κ3) is 5.26. The zero-order valence-electron chi connectivity index (χ0n) is 24.2. The molecule has 43 heavy (non-hydrogen) atoms. The highest BCUT2D eigenvalue weighted by atomic mass is 32.1. The van der Waals surface area contributed by atoms with Crippen LogP contribution in [0.1, 0.15) is 53.3 Å². The molecule has 2 aromatic heterocycles. The normalized spacial score (nSPS) is 22.8. The predicted octanol–water partition coefficient (Wildman–Crippen LogP) is 3.69. The summed E-state index contributed by atoms with van der Waals surface area (Å²) in [4.78, 5) is 48.1. The van der Waals surface area contributed by atoms with Crippen LogP contribution < -0.4 is 15.0 Å². The van der Waals surface area contributed by atoms with Crippen LogP contribution in [0.5, 0.6) is 5.75 Å². The minimum Gasteiger partial charge on any atom is -0.496 e. The maximum Gasteiger partial charge on any atom is 0.241 e. The smallest absolute Gasteiger partial charge is 0.241 e. The van der Waals surface area contributed by atoms with E-state index in [2.05, 4.69) is 10.3 Å². The quantitative estimate of drug-likeness (QED) is 0.329. The SMILES string of the molecule is COc1ccccc1[C@H](CN1C(=O)C2(CC(C(=O)NCCO)C2)C(=O)c2c1sc(-c1ncco1)c2C)OC1CCOCC1. The number of ketones is 1. The molecule has 228 valence electrons. The number of carbonyl (C=O) groups excluding carboxylic acids is 3. The second kappa shape index (κ2) is 12.2. The molecule has 1 aromatic carbocycles. The van der Waals surface area contributed by atoms with Crippen molar-refractivity contribution < 1.29 is 38.1 Å². The van der Waals surface area contributed by atoms with Crippen LogP contribution in [0.2, 0.25) is 0 Å². The van der Waals surface area contributed by atoms with Crippen LogP contribution >= 0.6 is 11.3 Å². The van der Waals surface area contributed by atoms with Gasteiger partial charge in [0.05, 0.1) is 43.0 Å². The highest BCUT2D eigenvalue weighted by Crippen LogP contribution is 2.57. The van der Waals surface area contributed by atoms with E-state index in [0.29, 0.717) is 45.9 Å². The fourth-order valence-electron chi connectivity index (χ4n) is 6.36. The summed E-state index contributed by atoms with van der Waals surface area (Å²) >= 11 is 1.30. The van der Waals surface area contributed by atoms with E-state index in [9.17, 15) is 14.4 Å². The average Bonchev–Trinajstić information content (AvgIpc) is 3.65. The molecule has 1 saturated carbocycles. The lowest BCUT2D eigenvalue weighted by Gasteiger charge is -2.49. The summed E-state index contributed by atoms with van der Waals surface area (Å²) in [7, 11) is 1.60. The number of rotatable bonds is 10. The Morgan fingerprint density at radius 1 is 1.26 bits per heavy atom. The Kier molecular flexibility index (Phi) is 8.36. The maximum absolute atomic E-state index is 14.5. The lowest BCUT2D eigenvalue weighted by molar-refractivity contribution is -0.140. The Bertz CT molecular complexity index is 1490. The van der Waals surface area contributed by atoms with Crippen LogP contribution in [0.25, 0.3) is 10.8 Å². The number of oxazole rings is 1. The molecule has 1 saturated heterocycles. The molecule has 1 atom stereocenters. The van der Waals surface area contributed by atoms with E-state index >= 15 is 0 Å². The zero-order valence-corrected chi connectivity index (χ0v) is 25.0. The molecular weight excluding hydrogens is 574 g/mol. The van der Waals surface area contributed by atoms with Gasteiger partial charge in [-0.2, -0.15) is 0 Å². The number of aliphatic hydroxyl groups excluding tert-OH is 1. The minimum atomic E-state index is -1.36. The van der Waals surface area contributed by atoms with Gasteiger partial charge in [0.15, 0.2) is 5.78 Å². The molecular formula is C31H35N3O8S.